The van der Waals surface area contributed by atoms with Crippen LogP contribution in [0.4, 0.5) is 19.4 Å². The number of amides is 2. The molecule has 1 aromatic heterocycles. The van der Waals surface area contributed by atoms with Gasteiger partial charge in [0.1, 0.15) is 35.1 Å². The van der Waals surface area contributed by atoms with Gasteiger partial charge in [0.05, 0.1) is 30.7 Å². The molecule has 0 saturated carbocycles. The highest BCUT2D eigenvalue weighted by atomic mass is 19.1. The first kappa shape index (κ1) is 38.9. The number of benzene rings is 3. The van der Waals surface area contributed by atoms with E-state index in [4.69, 9.17) is 9.47 Å². The van der Waals surface area contributed by atoms with Crippen molar-refractivity contribution >= 4 is 24.1 Å². The minimum absolute atomic E-state index is 0.0355. The summed E-state index contributed by atoms with van der Waals surface area (Å²) in [5, 5.41) is 17.5. The highest BCUT2D eigenvalue weighted by Crippen LogP contribution is 2.36. The van der Waals surface area contributed by atoms with Gasteiger partial charge in [0.15, 0.2) is 0 Å². The van der Waals surface area contributed by atoms with Crippen molar-refractivity contribution in [3.8, 4) is 16.9 Å². The van der Waals surface area contributed by atoms with Crippen LogP contribution in [0, 0.1) is 23.5 Å². The number of aliphatic hydroxyl groups is 1. The third kappa shape index (κ3) is 10.4. The zero-order valence-corrected chi connectivity index (χ0v) is 30.5. The summed E-state index contributed by atoms with van der Waals surface area (Å²) in [5.74, 6) is -2.38. The van der Waals surface area contributed by atoms with Crippen molar-refractivity contribution in [3.05, 3.63) is 113 Å². The standard InChI is InChI=1S/C41H46F2N4O6/c1-41(2,3)53-40(51)45-34(18-25-10-12-26(13-11-25)28-14-17-37(44-22-28)47(4)5)35(49)20-29(19-27-8-6-7-9-33(27)43)39(50)46-38-30(23-48)24-52-36-16-15-31(42)21-32(36)38/h6-17,21-23,29-30,34-35,38,49H,18-20,24H2,1-5H3,(H,45,51)(H,46,50)/t29-,30-,34+,35+,38-/m1/s1. The van der Waals surface area contributed by atoms with Crippen molar-refractivity contribution < 1.29 is 37.7 Å². The van der Waals surface area contributed by atoms with E-state index >= 15 is 0 Å². The maximum absolute atomic E-state index is 15.0. The van der Waals surface area contributed by atoms with Crippen LogP contribution in [0.2, 0.25) is 0 Å². The number of fused-ring (bicyclic) bond motifs is 1. The Morgan fingerprint density at radius 1 is 1.02 bits per heavy atom. The van der Waals surface area contributed by atoms with Gasteiger partial charge in [-0.1, -0.05) is 42.5 Å². The first-order valence-electron chi connectivity index (χ1n) is 17.5. The van der Waals surface area contributed by atoms with Gasteiger partial charge >= 0.3 is 6.09 Å². The summed E-state index contributed by atoms with van der Waals surface area (Å²) < 4.78 is 40.5. The van der Waals surface area contributed by atoms with E-state index in [2.05, 4.69) is 15.6 Å². The molecule has 4 aromatic rings. The van der Waals surface area contributed by atoms with Crippen LogP contribution in [0.15, 0.2) is 85.1 Å². The van der Waals surface area contributed by atoms with E-state index in [9.17, 15) is 28.3 Å². The summed E-state index contributed by atoms with van der Waals surface area (Å²) >= 11 is 0. The number of rotatable bonds is 13. The van der Waals surface area contributed by atoms with Gasteiger partial charge in [0.25, 0.3) is 0 Å². The van der Waals surface area contributed by atoms with Crippen LogP contribution >= 0.6 is 0 Å². The number of hydrogen-bond donors (Lipinski definition) is 3. The molecule has 0 saturated heterocycles. The third-order valence-electron chi connectivity index (χ3n) is 9.08. The Balaban J connectivity index is 1.41. The zero-order valence-electron chi connectivity index (χ0n) is 30.5. The molecule has 0 bridgehead atoms. The maximum Gasteiger partial charge on any atom is 0.407 e. The molecule has 2 heterocycles. The SMILES string of the molecule is CN(C)c1ccc(-c2ccc(C[C@H](NC(=O)OC(C)(C)C)[C@@H](O)C[C@@H](Cc3ccccc3F)C(=O)N[C@H]3c4cc(F)ccc4OC[C@H]3C=O)cc2)cn1. The molecule has 3 N–H and O–H groups in total. The van der Waals surface area contributed by atoms with Gasteiger partial charge < -0.3 is 34.9 Å². The van der Waals surface area contributed by atoms with Crippen LogP contribution in [-0.4, -0.2) is 66.8 Å². The molecule has 2 amide bonds. The lowest BCUT2D eigenvalue weighted by Gasteiger charge is -2.33. The summed E-state index contributed by atoms with van der Waals surface area (Å²) in [7, 11) is 3.83. The zero-order chi connectivity index (χ0) is 38.3. The van der Waals surface area contributed by atoms with Crippen molar-refractivity contribution in [2.45, 2.75) is 63.8 Å². The minimum Gasteiger partial charge on any atom is -0.492 e. The summed E-state index contributed by atoms with van der Waals surface area (Å²) in [6.45, 7) is 5.13. The molecule has 280 valence electrons. The number of halogens is 2. The number of carbonyl (C=O) groups excluding carboxylic acids is 3. The molecule has 1 aliphatic heterocycles. The van der Waals surface area contributed by atoms with Gasteiger partial charge in [-0.2, -0.15) is 0 Å². The van der Waals surface area contributed by atoms with Gasteiger partial charge in [-0.3, -0.25) is 4.79 Å². The number of aromatic nitrogens is 1. The third-order valence-corrected chi connectivity index (χ3v) is 9.08. The largest absolute Gasteiger partial charge is 0.492 e. The van der Waals surface area contributed by atoms with Gasteiger partial charge in [-0.15, -0.1) is 0 Å². The fraction of sp³-hybridized carbons (Fsp3) is 0.366. The van der Waals surface area contributed by atoms with E-state index in [1.165, 1.54) is 30.3 Å². The van der Waals surface area contributed by atoms with Crippen molar-refractivity contribution in [2.75, 3.05) is 25.6 Å². The van der Waals surface area contributed by atoms with E-state index in [1.807, 2.05) is 55.4 Å². The van der Waals surface area contributed by atoms with Crippen LogP contribution in [0.5, 0.6) is 5.75 Å². The second-order valence-corrected chi connectivity index (χ2v) is 14.5. The molecule has 12 heteroatoms. The average Bonchev–Trinajstić information content (AvgIpc) is 3.11. The van der Waals surface area contributed by atoms with Crippen LogP contribution < -0.4 is 20.3 Å². The van der Waals surface area contributed by atoms with Crippen molar-refractivity contribution in [1.29, 1.82) is 0 Å². The number of nitrogens with zero attached hydrogens (tertiary/aromatic N) is 2. The Morgan fingerprint density at radius 2 is 1.74 bits per heavy atom. The Kier molecular flexibility index (Phi) is 12.5. The second kappa shape index (κ2) is 17.0. The quantitative estimate of drug-likeness (QED) is 0.139. The van der Waals surface area contributed by atoms with Crippen LogP contribution in [-0.2, 0) is 27.2 Å². The molecule has 53 heavy (non-hydrogen) atoms. The van der Waals surface area contributed by atoms with E-state index < -0.39 is 59.3 Å². The van der Waals surface area contributed by atoms with E-state index in [-0.39, 0.29) is 31.4 Å². The van der Waals surface area contributed by atoms with Crippen LogP contribution in [0.3, 0.4) is 0 Å². The second-order valence-electron chi connectivity index (χ2n) is 14.5. The van der Waals surface area contributed by atoms with Crippen molar-refractivity contribution in [3.63, 3.8) is 0 Å². The number of aliphatic hydroxyl groups excluding tert-OH is 1. The fourth-order valence-electron chi connectivity index (χ4n) is 6.30. The summed E-state index contributed by atoms with van der Waals surface area (Å²) in [6.07, 6.45) is 0.230. The first-order valence-corrected chi connectivity index (χ1v) is 17.5. The number of alkyl carbamates (subject to hydrolysis) is 1. The number of nitrogens with one attached hydrogen (secondary N) is 2. The number of aldehydes is 1. The predicted octanol–water partition coefficient (Wildman–Crippen LogP) is 6.20. The minimum atomic E-state index is -1.31. The van der Waals surface area contributed by atoms with Gasteiger partial charge in [0.2, 0.25) is 5.91 Å². The van der Waals surface area contributed by atoms with Crippen LogP contribution in [0.25, 0.3) is 11.1 Å². The average molecular weight is 729 g/mol. The predicted molar refractivity (Wildman–Crippen MR) is 197 cm³/mol. The fourth-order valence-corrected chi connectivity index (χ4v) is 6.30. The number of carbonyl (C=O) groups is 3. The van der Waals surface area contributed by atoms with Gasteiger partial charge in [-0.05, 0) is 93.1 Å². The Labute approximate surface area is 308 Å². The van der Waals surface area contributed by atoms with E-state index in [1.54, 1.807) is 39.1 Å². The van der Waals surface area contributed by atoms with Crippen LogP contribution in [0.1, 0.15) is 49.9 Å². The molecule has 5 atom stereocenters. The summed E-state index contributed by atoms with van der Waals surface area (Å²) in [6, 6.07) is 19.5. The molecule has 0 unspecified atom stereocenters. The highest BCUT2D eigenvalue weighted by Gasteiger charge is 2.36. The van der Waals surface area contributed by atoms with Crippen molar-refractivity contribution in [1.82, 2.24) is 15.6 Å². The molecule has 1 aliphatic rings. The molecule has 5 rings (SSSR count). The lowest BCUT2D eigenvalue weighted by molar-refractivity contribution is -0.128. The normalized spacial score (nSPS) is 17.0. The lowest BCUT2D eigenvalue weighted by Crippen LogP contribution is -2.49. The monoisotopic (exact) mass is 728 g/mol. The van der Waals surface area contributed by atoms with Gasteiger partial charge in [0, 0.05) is 37.3 Å². The molecule has 3 aromatic carbocycles. The molecule has 0 aliphatic carbocycles. The lowest BCUT2D eigenvalue weighted by atomic mass is 9.86. The number of pyridine rings is 1. The van der Waals surface area contributed by atoms with Crippen molar-refractivity contribution in [2.24, 2.45) is 11.8 Å². The number of hydrogen-bond acceptors (Lipinski definition) is 8. The summed E-state index contributed by atoms with van der Waals surface area (Å²) in [5.41, 5.74) is 2.35. The molecule has 0 radical (unpaired) electrons. The summed E-state index contributed by atoms with van der Waals surface area (Å²) in [4.78, 5) is 45.6. The smallest absolute Gasteiger partial charge is 0.407 e. The first-order chi connectivity index (χ1) is 25.2. The number of anilines is 1. The molecule has 10 nitrogen and oxygen atoms in total. The molecule has 0 fully saturated rings. The Morgan fingerprint density at radius 3 is 2.38 bits per heavy atom. The highest BCUT2D eigenvalue weighted by molar-refractivity contribution is 5.80. The van der Waals surface area contributed by atoms with E-state index in [0.717, 1.165) is 22.5 Å². The molecular formula is C41H46F2N4O6. The Hall–Kier alpha value is -5.36. The maximum atomic E-state index is 15.0. The molecular weight excluding hydrogens is 682 g/mol. The number of ether oxygens (including phenoxy) is 2. The Bertz CT molecular complexity index is 1880. The van der Waals surface area contributed by atoms with Gasteiger partial charge in [-0.25, -0.2) is 18.6 Å². The topological polar surface area (TPSA) is 130 Å². The molecule has 0 spiro atoms. The van der Waals surface area contributed by atoms with E-state index in [0.29, 0.717) is 17.6 Å².